The van der Waals surface area contributed by atoms with Gasteiger partial charge in [0.15, 0.2) is 0 Å². The largest absolute Gasteiger partial charge is 0.462 e. The number of nitrogens with zero attached hydrogens (tertiary/aromatic N) is 3. The zero-order valence-corrected chi connectivity index (χ0v) is 16.0. The van der Waals surface area contributed by atoms with Crippen LogP contribution in [0.1, 0.15) is 33.3 Å². The molecule has 7 nitrogen and oxygen atoms in total. The van der Waals surface area contributed by atoms with Crippen LogP contribution in [0.5, 0.6) is 0 Å². The van der Waals surface area contributed by atoms with Gasteiger partial charge in [0.05, 0.1) is 17.9 Å². The second-order valence-electron chi connectivity index (χ2n) is 6.49. The van der Waals surface area contributed by atoms with Crippen molar-refractivity contribution >= 4 is 29.2 Å². The Labute approximate surface area is 168 Å². The molecule has 3 aromatic rings. The topological polar surface area (TPSA) is 84.4 Å². The first-order valence-corrected chi connectivity index (χ1v) is 9.43. The van der Waals surface area contributed by atoms with Crippen molar-refractivity contribution in [3.63, 3.8) is 0 Å². The van der Waals surface area contributed by atoms with Crippen LogP contribution in [0.15, 0.2) is 60.8 Å². The quantitative estimate of drug-likeness (QED) is 0.673. The Bertz CT molecular complexity index is 1070. The van der Waals surface area contributed by atoms with Crippen molar-refractivity contribution in [2.24, 2.45) is 0 Å². The van der Waals surface area contributed by atoms with E-state index < -0.39 is 11.9 Å². The molecule has 0 radical (unpaired) electrons. The fraction of sp³-hybridized carbons (Fsp3) is 0.182. The molecule has 7 heteroatoms. The SMILES string of the molecule is CCOC(=O)c1ccccc1NC(=O)c1ccnc(N2CCc3ccccc32)n1. The highest BCUT2D eigenvalue weighted by Crippen LogP contribution is 2.32. The number of hydrogen-bond acceptors (Lipinski definition) is 6. The Kier molecular flexibility index (Phi) is 5.20. The average molecular weight is 388 g/mol. The third-order valence-electron chi connectivity index (χ3n) is 4.67. The Balaban J connectivity index is 1.57. The minimum atomic E-state index is -0.486. The Morgan fingerprint density at radius 2 is 1.90 bits per heavy atom. The van der Waals surface area contributed by atoms with Crippen molar-refractivity contribution in [1.29, 1.82) is 0 Å². The molecule has 29 heavy (non-hydrogen) atoms. The summed E-state index contributed by atoms with van der Waals surface area (Å²) in [4.78, 5) is 35.7. The van der Waals surface area contributed by atoms with Crippen LogP contribution in [0.25, 0.3) is 0 Å². The lowest BCUT2D eigenvalue weighted by Crippen LogP contribution is -2.20. The van der Waals surface area contributed by atoms with Gasteiger partial charge in [0.1, 0.15) is 5.69 Å². The highest BCUT2D eigenvalue weighted by atomic mass is 16.5. The Hall–Kier alpha value is -3.74. The Morgan fingerprint density at radius 1 is 1.10 bits per heavy atom. The third-order valence-corrected chi connectivity index (χ3v) is 4.67. The van der Waals surface area contributed by atoms with E-state index in [1.807, 2.05) is 23.1 Å². The molecule has 1 N–H and O–H groups in total. The van der Waals surface area contributed by atoms with Crippen LogP contribution < -0.4 is 10.2 Å². The maximum Gasteiger partial charge on any atom is 0.340 e. The maximum atomic E-state index is 12.8. The van der Waals surface area contributed by atoms with Gasteiger partial charge in [-0.15, -0.1) is 0 Å². The molecule has 0 unspecified atom stereocenters. The first-order valence-electron chi connectivity index (χ1n) is 9.43. The van der Waals surface area contributed by atoms with Crippen molar-refractivity contribution in [2.75, 3.05) is 23.4 Å². The maximum absolute atomic E-state index is 12.8. The number of benzene rings is 2. The van der Waals surface area contributed by atoms with E-state index >= 15 is 0 Å². The zero-order valence-electron chi connectivity index (χ0n) is 16.0. The van der Waals surface area contributed by atoms with Crippen molar-refractivity contribution in [2.45, 2.75) is 13.3 Å². The van der Waals surface area contributed by atoms with Gasteiger partial charge in [-0.2, -0.15) is 0 Å². The van der Waals surface area contributed by atoms with E-state index in [-0.39, 0.29) is 12.3 Å². The van der Waals surface area contributed by atoms with Gasteiger partial charge < -0.3 is 15.0 Å². The van der Waals surface area contributed by atoms with Crippen LogP contribution in [-0.2, 0) is 11.2 Å². The molecule has 1 amide bonds. The second kappa shape index (κ2) is 8.10. The predicted octanol–water partition coefficient (Wildman–Crippen LogP) is 3.60. The van der Waals surface area contributed by atoms with Gasteiger partial charge in [0, 0.05) is 18.4 Å². The van der Waals surface area contributed by atoms with Gasteiger partial charge in [-0.3, -0.25) is 4.79 Å². The lowest BCUT2D eigenvalue weighted by molar-refractivity contribution is 0.0527. The molecule has 1 aromatic heterocycles. The van der Waals surface area contributed by atoms with Crippen LogP contribution in [0.3, 0.4) is 0 Å². The van der Waals surface area contributed by atoms with E-state index in [0.29, 0.717) is 17.2 Å². The summed E-state index contributed by atoms with van der Waals surface area (Å²) in [5.41, 5.74) is 3.18. The summed E-state index contributed by atoms with van der Waals surface area (Å²) in [7, 11) is 0. The van der Waals surface area contributed by atoms with Crippen molar-refractivity contribution in [1.82, 2.24) is 9.97 Å². The van der Waals surface area contributed by atoms with E-state index in [2.05, 4.69) is 21.4 Å². The molecule has 4 rings (SSSR count). The number of carbonyl (C=O) groups excluding carboxylic acids is 2. The molecule has 0 bridgehead atoms. The van der Waals surface area contributed by atoms with Gasteiger partial charge in [0.2, 0.25) is 5.95 Å². The van der Waals surface area contributed by atoms with Crippen LogP contribution >= 0.6 is 0 Å². The molecule has 1 aliphatic heterocycles. The summed E-state index contributed by atoms with van der Waals surface area (Å²) in [6.07, 6.45) is 2.47. The number of amides is 1. The summed E-state index contributed by atoms with van der Waals surface area (Å²) in [5.74, 6) is -0.431. The van der Waals surface area contributed by atoms with Crippen LogP contribution in [-0.4, -0.2) is 35.0 Å². The number of anilines is 3. The highest BCUT2D eigenvalue weighted by Gasteiger charge is 2.23. The molecule has 0 saturated carbocycles. The zero-order chi connectivity index (χ0) is 20.2. The molecule has 0 fully saturated rings. The standard InChI is InChI=1S/C22H20N4O3/c1-2-29-21(28)16-8-4-5-9-17(16)24-20(27)18-11-13-23-22(25-18)26-14-12-15-7-3-6-10-19(15)26/h3-11,13H,2,12,14H2,1H3,(H,24,27). The summed E-state index contributed by atoms with van der Waals surface area (Å²) in [6.45, 7) is 2.75. The summed E-state index contributed by atoms with van der Waals surface area (Å²) in [5, 5.41) is 2.75. The molecule has 0 saturated heterocycles. The van der Waals surface area contributed by atoms with E-state index in [1.165, 1.54) is 5.56 Å². The van der Waals surface area contributed by atoms with Crippen LogP contribution in [0, 0.1) is 0 Å². The number of aromatic nitrogens is 2. The molecule has 0 spiro atoms. The second-order valence-corrected chi connectivity index (χ2v) is 6.49. The number of fused-ring (bicyclic) bond motifs is 1. The van der Waals surface area contributed by atoms with E-state index in [1.54, 1.807) is 43.5 Å². The molecule has 0 atom stereocenters. The number of nitrogens with one attached hydrogen (secondary N) is 1. The minimum absolute atomic E-state index is 0.220. The van der Waals surface area contributed by atoms with Gasteiger partial charge in [-0.25, -0.2) is 14.8 Å². The predicted molar refractivity (Wildman–Crippen MR) is 110 cm³/mol. The number of para-hydroxylation sites is 2. The monoisotopic (exact) mass is 388 g/mol. The lowest BCUT2D eigenvalue weighted by atomic mass is 10.1. The number of rotatable bonds is 5. The Morgan fingerprint density at radius 3 is 2.76 bits per heavy atom. The van der Waals surface area contributed by atoms with E-state index in [9.17, 15) is 9.59 Å². The highest BCUT2D eigenvalue weighted by molar-refractivity contribution is 6.07. The van der Waals surface area contributed by atoms with Crippen molar-refractivity contribution in [3.05, 3.63) is 77.6 Å². The first-order chi connectivity index (χ1) is 14.2. The fourth-order valence-electron chi connectivity index (χ4n) is 3.32. The fourth-order valence-corrected chi connectivity index (χ4v) is 3.32. The summed E-state index contributed by atoms with van der Waals surface area (Å²) in [6, 6.07) is 16.4. The molecule has 0 aliphatic carbocycles. The van der Waals surface area contributed by atoms with E-state index in [0.717, 1.165) is 18.7 Å². The molecule has 2 heterocycles. The normalized spacial score (nSPS) is 12.4. The van der Waals surface area contributed by atoms with Crippen molar-refractivity contribution in [3.8, 4) is 0 Å². The molecule has 146 valence electrons. The average Bonchev–Trinajstić information content (AvgIpc) is 3.18. The van der Waals surface area contributed by atoms with Gasteiger partial charge in [-0.1, -0.05) is 30.3 Å². The smallest absolute Gasteiger partial charge is 0.340 e. The van der Waals surface area contributed by atoms with Crippen LogP contribution in [0.2, 0.25) is 0 Å². The summed E-state index contributed by atoms with van der Waals surface area (Å²) < 4.78 is 5.05. The molecule has 1 aliphatic rings. The molecular weight excluding hydrogens is 368 g/mol. The number of carbonyl (C=O) groups is 2. The minimum Gasteiger partial charge on any atom is -0.462 e. The number of esters is 1. The van der Waals surface area contributed by atoms with Crippen molar-refractivity contribution < 1.29 is 14.3 Å². The van der Waals surface area contributed by atoms with Gasteiger partial charge in [-0.05, 0) is 43.2 Å². The summed E-state index contributed by atoms with van der Waals surface area (Å²) >= 11 is 0. The van der Waals surface area contributed by atoms with Gasteiger partial charge in [0.25, 0.3) is 5.91 Å². The van der Waals surface area contributed by atoms with E-state index in [4.69, 9.17) is 4.74 Å². The number of hydrogen-bond donors (Lipinski definition) is 1. The first kappa shape index (κ1) is 18.6. The van der Waals surface area contributed by atoms with Gasteiger partial charge >= 0.3 is 5.97 Å². The lowest BCUT2D eigenvalue weighted by Gasteiger charge is -2.17. The number of ether oxygens (including phenoxy) is 1. The molecular formula is C22H20N4O3. The van der Waals surface area contributed by atoms with Crippen LogP contribution in [0.4, 0.5) is 17.3 Å². The third kappa shape index (κ3) is 3.80. The molecule has 2 aromatic carbocycles.